The molecular weight excluding hydrogens is 262 g/mol. The molecule has 0 atom stereocenters. The van der Waals surface area contributed by atoms with Gasteiger partial charge in [-0.1, -0.05) is 30.3 Å². The van der Waals surface area contributed by atoms with E-state index < -0.39 is 0 Å². The van der Waals surface area contributed by atoms with E-state index in [1.807, 2.05) is 49.6 Å². The summed E-state index contributed by atoms with van der Waals surface area (Å²) in [6.45, 7) is 0.740. The molecule has 0 aliphatic heterocycles. The minimum Gasteiger partial charge on any atom is -0.392 e. The molecule has 2 heterocycles. The third-order valence-corrected chi connectivity index (χ3v) is 3.53. The summed E-state index contributed by atoms with van der Waals surface area (Å²) >= 11 is 0. The van der Waals surface area contributed by atoms with Crippen molar-refractivity contribution in [3.63, 3.8) is 0 Å². The van der Waals surface area contributed by atoms with Gasteiger partial charge in [0.2, 0.25) is 0 Å². The standard InChI is InChI=1S/C17H17N3O/c1-20(11-13-5-4-8-18-9-13)17-16-7-3-2-6-15(16)14(12-21)10-19-17/h2-10,21H,11-12H2,1H3. The first-order valence-electron chi connectivity index (χ1n) is 6.87. The highest BCUT2D eigenvalue weighted by Gasteiger charge is 2.10. The summed E-state index contributed by atoms with van der Waals surface area (Å²) in [6, 6.07) is 12.0. The minimum atomic E-state index is 0.000112. The van der Waals surface area contributed by atoms with Gasteiger partial charge in [-0.15, -0.1) is 0 Å². The number of aliphatic hydroxyl groups is 1. The van der Waals surface area contributed by atoms with Crippen LogP contribution in [0.4, 0.5) is 5.82 Å². The second-order valence-electron chi connectivity index (χ2n) is 5.03. The van der Waals surface area contributed by atoms with E-state index in [9.17, 15) is 5.11 Å². The predicted molar refractivity (Wildman–Crippen MR) is 84.0 cm³/mol. The zero-order chi connectivity index (χ0) is 14.7. The van der Waals surface area contributed by atoms with Crippen LogP contribution < -0.4 is 4.90 Å². The van der Waals surface area contributed by atoms with E-state index in [1.165, 1.54) is 0 Å². The van der Waals surface area contributed by atoms with Crippen molar-refractivity contribution in [2.75, 3.05) is 11.9 Å². The molecule has 106 valence electrons. The summed E-state index contributed by atoms with van der Waals surface area (Å²) in [5.41, 5.74) is 1.99. The third-order valence-electron chi connectivity index (χ3n) is 3.53. The van der Waals surface area contributed by atoms with Crippen molar-refractivity contribution in [2.24, 2.45) is 0 Å². The monoisotopic (exact) mass is 279 g/mol. The van der Waals surface area contributed by atoms with Crippen molar-refractivity contribution >= 4 is 16.6 Å². The topological polar surface area (TPSA) is 49.2 Å². The molecule has 2 aromatic heterocycles. The molecule has 0 bridgehead atoms. The molecule has 0 radical (unpaired) electrons. The van der Waals surface area contributed by atoms with Gasteiger partial charge < -0.3 is 10.0 Å². The summed E-state index contributed by atoms with van der Waals surface area (Å²) in [5.74, 6) is 0.909. The van der Waals surface area contributed by atoms with Crippen molar-refractivity contribution in [3.8, 4) is 0 Å². The Labute approximate surface area is 123 Å². The molecule has 0 saturated heterocycles. The molecule has 0 saturated carbocycles. The summed E-state index contributed by atoms with van der Waals surface area (Å²) in [6.07, 6.45) is 5.38. The number of aliphatic hydroxyl groups excluding tert-OH is 1. The number of anilines is 1. The minimum absolute atomic E-state index is 0.000112. The molecule has 21 heavy (non-hydrogen) atoms. The fourth-order valence-corrected chi connectivity index (χ4v) is 2.51. The molecule has 0 aliphatic rings. The third kappa shape index (κ3) is 2.71. The highest BCUT2D eigenvalue weighted by Crippen LogP contribution is 2.27. The molecule has 0 fully saturated rings. The molecule has 0 aliphatic carbocycles. The number of hydrogen-bond acceptors (Lipinski definition) is 4. The average Bonchev–Trinajstić information content (AvgIpc) is 2.54. The molecule has 4 heteroatoms. The van der Waals surface area contributed by atoms with E-state index in [2.05, 4.69) is 14.9 Å². The summed E-state index contributed by atoms with van der Waals surface area (Å²) in [7, 11) is 2.01. The first-order valence-corrected chi connectivity index (χ1v) is 6.87. The second kappa shape index (κ2) is 5.89. The van der Waals surface area contributed by atoms with Crippen LogP contribution in [-0.2, 0) is 13.2 Å². The summed E-state index contributed by atoms with van der Waals surface area (Å²) in [5, 5.41) is 11.5. The maximum absolute atomic E-state index is 9.44. The molecule has 1 N–H and O–H groups in total. The Bertz CT molecular complexity index is 743. The Morgan fingerprint density at radius 1 is 1.05 bits per heavy atom. The Morgan fingerprint density at radius 3 is 2.57 bits per heavy atom. The number of fused-ring (bicyclic) bond motifs is 1. The average molecular weight is 279 g/mol. The Morgan fingerprint density at radius 2 is 1.86 bits per heavy atom. The van der Waals surface area contributed by atoms with Gasteiger partial charge in [-0.3, -0.25) is 4.98 Å². The molecule has 0 spiro atoms. The number of aromatic nitrogens is 2. The van der Waals surface area contributed by atoms with Crippen LogP contribution >= 0.6 is 0 Å². The van der Waals surface area contributed by atoms with Gasteiger partial charge >= 0.3 is 0 Å². The van der Waals surface area contributed by atoms with E-state index in [0.29, 0.717) is 0 Å². The summed E-state index contributed by atoms with van der Waals surface area (Å²) < 4.78 is 0. The molecular formula is C17H17N3O. The van der Waals surface area contributed by atoms with Gasteiger partial charge in [-0.05, 0) is 17.0 Å². The van der Waals surface area contributed by atoms with E-state index in [0.717, 1.165) is 34.3 Å². The lowest BCUT2D eigenvalue weighted by Crippen LogP contribution is -2.18. The quantitative estimate of drug-likeness (QED) is 0.798. The second-order valence-corrected chi connectivity index (χ2v) is 5.03. The van der Waals surface area contributed by atoms with Crippen molar-refractivity contribution < 1.29 is 5.11 Å². The Kier molecular flexibility index (Phi) is 3.79. The van der Waals surface area contributed by atoms with E-state index >= 15 is 0 Å². The largest absolute Gasteiger partial charge is 0.392 e. The smallest absolute Gasteiger partial charge is 0.136 e. The van der Waals surface area contributed by atoms with Gasteiger partial charge in [-0.2, -0.15) is 0 Å². The van der Waals surface area contributed by atoms with Crippen molar-refractivity contribution in [1.29, 1.82) is 0 Å². The maximum Gasteiger partial charge on any atom is 0.136 e. The highest BCUT2D eigenvalue weighted by atomic mass is 16.3. The van der Waals surface area contributed by atoms with Gasteiger partial charge in [0.15, 0.2) is 0 Å². The number of benzene rings is 1. The van der Waals surface area contributed by atoms with Gasteiger partial charge in [-0.25, -0.2) is 4.98 Å². The summed E-state index contributed by atoms with van der Waals surface area (Å²) in [4.78, 5) is 10.8. The number of nitrogens with zero attached hydrogens (tertiary/aromatic N) is 3. The van der Waals surface area contributed by atoms with Crippen LogP contribution in [0.2, 0.25) is 0 Å². The van der Waals surface area contributed by atoms with Crippen LogP contribution in [0.1, 0.15) is 11.1 Å². The van der Waals surface area contributed by atoms with Crippen molar-refractivity contribution in [2.45, 2.75) is 13.2 Å². The molecule has 4 nitrogen and oxygen atoms in total. The van der Waals surface area contributed by atoms with Crippen LogP contribution in [0.15, 0.2) is 55.0 Å². The molecule has 1 aromatic carbocycles. The maximum atomic E-state index is 9.44. The lowest BCUT2D eigenvalue weighted by molar-refractivity contribution is 0.283. The van der Waals surface area contributed by atoms with Crippen molar-refractivity contribution in [3.05, 3.63) is 66.1 Å². The highest BCUT2D eigenvalue weighted by molar-refractivity contribution is 5.94. The van der Waals surface area contributed by atoms with Crippen LogP contribution in [0.25, 0.3) is 10.8 Å². The molecule has 0 amide bonds. The van der Waals surface area contributed by atoms with Crippen LogP contribution in [-0.4, -0.2) is 22.1 Å². The van der Waals surface area contributed by atoms with Gasteiger partial charge in [0.25, 0.3) is 0 Å². The normalized spacial score (nSPS) is 10.8. The predicted octanol–water partition coefficient (Wildman–Crippen LogP) is 2.76. The van der Waals surface area contributed by atoms with Crippen LogP contribution in [0.5, 0.6) is 0 Å². The molecule has 0 unspecified atom stereocenters. The van der Waals surface area contributed by atoms with Crippen LogP contribution in [0.3, 0.4) is 0 Å². The molecule has 3 rings (SSSR count). The van der Waals surface area contributed by atoms with Gasteiger partial charge in [0.05, 0.1) is 6.61 Å². The van der Waals surface area contributed by atoms with E-state index in [-0.39, 0.29) is 6.61 Å². The van der Waals surface area contributed by atoms with Crippen molar-refractivity contribution in [1.82, 2.24) is 9.97 Å². The first-order chi connectivity index (χ1) is 10.3. The fraction of sp³-hybridized carbons (Fsp3) is 0.176. The zero-order valence-corrected chi connectivity index (χ0v) is 11.9. The fourth-order valence-electron chi connectivity index (χ4n) is 2.51. The van der Waals surface area contributed by atoms with Crippen LogP contribution in [0, 0.1) is 0 Å². The first kappa shape index (κ1) is 13.5. The molecule has 3 aromatic rings. The lowest BCUT2D eigenvalue weighted by Gasteiger charge is -2.20. The Balaban J connectivity index is 2.00. The number of rotatable bonds is 4. The van der Waals surface area contributed by atoms with Gasteiger partial charge in [0, 0.05) is 43.1 Å². The Hall–Kier alpha value is -2.46. The number of pyridine rings is 2. The van der Waals surface area contributed by atoms with E-state index in [4.69, 9.17) is 0 Å². The van der Waals surface area contributed by atoms with E-state index in [1.54, 1.807) is 12.4 Å². The zero-order valence-electron chi connectivity index (χ0n) is 11.9. The SMILES string of the molecule is CN(Cc1cccnc1)c1ncc(CO)c2ccccc12. The van der Waals surface area contributed by atoms with Gasteiger partial charge in [0.1, 0.15) is 5.82 Å². The number of hydrogen-bond donors (Lipinski definition) is 1. The lowest BCUT2D eigenvalue weighted by atomic mass is 10.1.